The second-order valence-electron chi connectivity index (χ2n) is 3.21. The summed E-state index contributed by atoms with van der Waals surface area (Å²) in [7, 11) is -3.33. The second kappa shape index (κ2) is 4.43. The van der Waals surface area contributed by atoms with Crippen LogP contribution in [0.1, 0.15) is 12.0 Å². The minimum Gasteiger partial charge on any atom is -0.399 e. The predicted molar refractivity (Wildman–Crippen MR) is 57.1 cm³/mol. The van der Waals surface area contributed by atoms with Gasteiger partial charge >= 0.3 is 0 Å². The fourth-order valence-corrected chi connectivity index (χ4v) is 1.71. The molecule has 4 N–H and O–H groups in total. The first-order valence-corrected chi connectivity index (χ1v) is 6.04. The maximum absolute atomic E-state index is 10.6. The Morgan fingerprint density at radius 2 is 1.71 bits per heavy atom. The number of sulfonamides is 1. The van der Waals surface area contributed by atoms with Crippen LogP contribution in [0.25, 0.3) is 0 Å². The van der Waals surface area contributed by atoms with Crippen molar-refractivity contribution in [2.24, 2.45) is 5.14 Å². The molecule has 0 heterocycles. The summed E-state index contributed by atoms with van der Waals surface area (Å²) in [4.78, 5) is 0. The number of hydrogen-bond acceptors (Lipinski definition) is 3. The summed E-state index contributed by atoms with van der Waals surface area (Å²) in [6.07, 6.45) is 1.25. The average Bonchev–Trinajstić information content (AvgIpc) is 2.06. The van der Waals surface area contributed by atoms with E-state index in [-0.39, 0.29) is 5.75 Å². The third-order valence-electron chi connectivity index (χ3n) is 1.87. The van der Waals surface area contributed by atoms with Crippen molar-refractivity contribution in [2.45, 2.75) is 12.8 Å². The molecular formula is C9H14N2O2S. The van der Waals surface area contributed by atoms with Gasteiger partial charge in [0.2, 0.25) is 10.0 Å². The van der Waals surface area contributed by atoms with E-state index >= 15 is 0 Å². The third kappa shape index (κ3) is 4.25. The van der Waals surface area contributed by atoms with Gasteiger partial charge in [-0.3, -0.25) is 0 Å². The number of aryl methyl sites for hydroxylation is 1. The number of nitrogens with two attached hydrogens (primary N) is 2. The fourth-order valence-electron chi connectivity index (χ4n) is 1.16. The smallest absolute Gasteiger partial charge is 0.209 e. The number of rotatable bonds is 4. The summed E-state index contributed by atoms with van der Waals surface area (Å²) in [6, 6.07) is 7.37. The normalized spacial score (nSPS) is 11.5. The highest BCUT2D eigenvalue weighted by Gasteiger charge is 2.02. The highest BCUT2D eigenvalue weighted by atomic mass is 32.2. The molecule has 0 aromatic heterocycles. The highest BCUT2D eigenvalue weighted by molar-refractivity contribution is 7.89. The Balaban J connectivity index is 2.43. The van der Waals surface area contributed by atoms with E-state index in [0.29, 0.717) is 18.5 Å². The van der Waals surface area contributed by atoms with Crippen molar-refractivity contribution in [3.63, 3.8) is 0 Å². The Bertz CT molecular complexity index is 384. The standard InChI is InChI=1S/C9H14N2O2S/c10-9-5-3-8(4-6-9)2-1-7-14(11,12)13/h3-6H,1-2,7,10H2,(H2,11,12,13). The van der Waals surface area contributed by atoms with Gasteiger partial charge in [0.1, 0.15) is 0 Å². The molecule has 0 bridgehead atoms. The molecule has 1 aromatic rings. The SMILES string of the molecule is Nc1ccc(CCCS(N)(=O)=O)cc1. The quantitative estimate of drug-likeness (QED) is 0.715. The summed E-state index contributed by atoms with van der Waals surface area (Å²) >= 11 is 0. The lowest BCUT2D eigenvalue weighted by atomic mass is 10.1. The second-order valence-corrected chi connectivity index (χ2v) is 4.95. The molecule has 0 unspecified atom stereocenters. The van der Waals surface area contributed by atoms with Crippen molar-refractivity contribution in [2.75, 3.05) is 11.5 Å². The van der Waals surface area contributed by atoms with Crippen molar-refractivity contribution in [3.8, 4) is 0 Å². The summed E-state index contributed by atoms with van der Waals surface area (Å²) in [5.41, 5.74) is 7.29. The van der Waals surface area contributed by atoms with Crippen LogP contribution in [0.3, 0.4) is 0 Å². The zero-order valence-electron chi connectivity index (χ0n) is 7.81. The maximum atomic E-state index is 10.6. The topological polar surface area (TPSA) is 86.2 Å². The van der Waals surface area contributed by atoms with E-state index in [2.05, 4.69) is 0 Å². The highest BCUT2D eigenvalue weighted by Crippen LogP contribution is 2.07. The molecule has 5 heteroatoms. The molecule has 0 amide bonds. The Labute approximate surface area is 84.0 Å². The molecule has 78 valence electrons. The van der Waals surface area contributed by atoms with Gasteiger partial charge in [0.25, 0.3) is 0 Å². The molecule has 0 radical (unpaired) electrons. The monoisotopic (exact) mass is 214 g/mol. The molecule has 14 heavy (non-hydrogen) atoms. The molecule has 4 nitrogen and oxygen atoms in total. The first-order chi connectivity index (χ1) is 6.47. The van der Waals surface area contributed by atoms with Crippen molar-refractivity contribution in [1.29, 1.82) is 0 Å². The zero-order chi connectivity index (χ0) is 10.6. The van der Waals surface area contributed by atoms with Gasteiger partial charge in [-0.1, -0.05) is 12.1 Å². The van der Waals surface area contributed by atoms with Crippen LogP contribution in [-0.2, 0) is 16.4 Å². The van der Waals surface area contributed by atoms with Gasteiger partial charge in [-0.2, -0.15) is 0 Å². The Morgan fingerprint density at radius 3 is 2.21 bits per heavy atom. The molecule has 0 aliphatic heterocycles. The van der Waals surface area contributed by atoms with Gasteiger partial charge in [-0.05, 0) is 30.5 Å². The molecule has 0 saturated heterocycles. The number of hydrogen-bond donors (Lipinski definition) is 2. The summed E-state index contributed by atoms with van der Waals surface area (Å²) in [5, 5.41) is 4.88. The third-order valence-corrected chi connectivity index (χ3v) is 2.73. The van der Waals surface area contributed by atoms with E-state index in [1.165, 1.54) is 0 Å². The van der Waals surface area contributed by atoms with Crippen LogP contribution in [-0.4, -0.2) is 14.2 Å². The predicted octanol–water partition coefficient (Wildman–Crippen LogP) is 0.490. The van der Waals surface area contributed by atoms with Crippen molar-refractivity contribution in [1.82, 2.24) is 0 Å². The van der Waals surface area contributed by atoms with Crippen molar-refractivity contribution < 1.29 is 8.42 Å². The van der Waals surface area contributed by atoms with Gasteiger partial charge in [0, 0.05) is 5.69 Å². The Morgan fingerprint density at radius 1 is 1.14 bits per heavy atom. The summed E-state index contributed by atoms with van der Waals surface area (Å²) in [5.74, 6) is 0.0252. The van der Waals surface area contributed by atoms with Crippen LogP contribution in [0.4, 0.5) is 5.69 Å². The van der Waals surface area contributed by atoms with Gasteiger partial charge < -0.3 is 5.73 Å². The Hall–Kier alpha value is -1.07. The lowest BCUT2D eigenvalue weighted by molar-refractivity contribution is 0.595. The Kier molecular flexibility index (Phi) is 3.49. The first kappa shape index (κ1) is 11.0. The van der Waals surface area contributed by atoms with Crippen LogP contribution in [0.2, 0.25) is 0 Å². The maximum Gasteiger partial charge on any atom is 0.209 e. The number of primary sulfonamides is 1. The molecule has 0 aliphatic carbocycles. The summed E-state index contributed by atoms with van der Waals surface area (Å²) < 4.78 is 21.3. The number of anilines is 1. The van der Waals surface area contributed by atoms with Crippen LogP contribution >= 0.6 is 0 Å². The van der Waals surface area contributed by atoms with Crippen molar-refractivity contribution in [3.05, 3.63) is 29.8 Å². The van der Waals surface area contributed by atoms with E-state index in [1.54, 1.807) is 12.1 Å². The van der Waals surface area contributed by atoms with E-state index in [0.717, 1.165) is 5.56 Å². The van der Waals surface area contributed by atoms with E-state index in [9.17, 15) is 8.42 Å². The number of benzene rings is 1. The number of nitrogen functional groups attached to an aromatic ring is 1. The minimum atomic E-state index is -3.33. The molecule has 1 rings (SSSR count). The van der Waals surface area contributed by atoms with Gasteiger partial charge in [0.05, 0.1) is 5.75 Å². The van der Waals surface area contributed by atoms with E-state index in [1.807, 2.05) is 12.1 Å². The average molecular weight is 214 g/mol. The lowest BCUT2D eigenvalue weighted by Gasteiger charge is -2.00. The zero-order valence-corrected chi connectivity index (χ0v) is 8.63. The lowest BCUT2D eigenvalue weighted by Crippen LogP contribution is -2.16. The van der Waals surface area contributed by atoms with Crippen LogP contribution in [0, 0.1) is 0 Å². The largest absolute Gasteiger partial charge is 0.399 e. The molecule has 1 aromatic carbocycles. The van der Waals surface area contributed by atoms with Gasteiger partial charge in [-0.15, -0.1) is 0 Å². The van der Waals surface area contributed by atoms with Crippen LogP contribution in [0.5, 0.6) is 0 Å². The minimum absolute atomic E-state index is 0.0252. The molecule has 0 aliphatic rings. The first-order valence-electron chi connectivity index (χ1n) is 4.32. The molecular weight excluding hydrogens is 200 g/mol. The molecule has 0 fully saturated rings. The van der Waals surface area contributed by atoms with E-state index < -0.39 is 10.0 Å². The van der Waals surface area contributed by atoms with Crippen LogP contribution in [0.15, 0.2) is 24.3 Å². The van der Waals surface area contributed by atoms with E-state index in [4.69, 9.17) is 10.9 Å². The molecule has 0 saturated carbocycles. The van der Waals surface area contributed by atoms with Crippen molar-refractivity contribution >= 4 is 15.7 Å². The molecule has 0 atom stereocenters. The van der Waals surface area contributed by atoms with Gasteiger partial charge in [-0.25, -0.2) is 13.6 Å². The molecule has 0 spiro atoms. The summed E-state index contributed by atoms with van der Waals surface area (Å²) in [6.45, 7) is 0. The van der Waals surface area contributed by atoms with Gasteiger partial charge in [0.15, 0.2) is 0 Å². The fraction of sp³-hybridized carbons (Fsp3) is 0.333. The van der Waals surface area contributed by atoms with Crippen LogP contribution < -0.4 is 10.9 Å².